The van der Waals surface area contributed by atoms with Gasteiger partial charge >= 0.3 is 12.1 Å². The summed E-state index contributed by atoms with van der Waals surface area (Å²) in [5.74, 6) is 0. The van der Waals surface area contributed by atoms with Gasteiger partial charge in [0.05, 0.1) is 0 Å². The molecule has 0 saturated carbocycles. The zero-order valence-corrected chi connectivity index (χ0v) is 6.96. The van der Waals surface area contributed by atoms with Crippen LogP contribution < -0.4 is 22.1 Å². The van der Waals surface area contributed by atoms with Crippen LogP contribution in [0.4, 0.5) is 9.59 Å². The van der Waals surface area contributed by atoms with Crippen LogP contribution >= 0.6 is 0 Å². The molecular weight excluding hydrogens is 160 g/mol. The first-order valence-electron chi connectivity index (χ1n) is 3.61. The minimum atomic E-state index is -0.568. The van der Waals surface area contributed by atoms with E-state index in [2.05, 4.69) is 10.6 Å². The SMILES string of the molecule is CC(CCNC(N)=O)NC(N)=O. The summed E-state index contributed by atoms with van der Waals surface area (Å²) < 4.78 is 0. The highest BCUT2D eigenvalue weighted by molar-refractivity contribution is 5.72. The summed E-state index contributed by atoms with van der Waals surface area (Å²) in [5.41, 5.74) is 9.68. The molecule has 0 heterocycles. The second-order valence-corrected chi connectivity index (χ2v) is 2.49. The molecule has 0 spiro atoms. The predicted molar refractivity (Wildman–Crippen MR) is 44.4 cm³/mol. The van der Waals surface area contributed by atoms with Gasteiger partial charge < -0.3 is 22.1 Å². The maximum Gasteiger partial charge on any atom is 0.312 e. The number of carbonyl (C=O) groups excluding carboxylic acids is 2. The van der Waals surface area contributed by atoms with Crippen LogP contribution in [-0.2, 0) is 0 Å². The lowest BCUT2D eigenvalue weighted by Gasteiger charge is -2.11. The van der Waals surface area contributed by atoms with E-state index in [1.807, 2.05) is 0 Å². The van der Waals surface area contributed by atoms with E-state index in [4.69, 9.17) is 11.5 Å². The third-order valence-corrected chi connectivity index (χ3v) is 1.27. The van der Waals surface area contributed by atoms with E-state index in [-0.39, 0.29) is 6.04 Å². The number of hydrogen-bond acceptors (Lipinski definition) is 2. The molecule has 0 aromatic carbocycles. The molecule has 6 heteroatoms. The molecule has 6 nitrogen and oxygen atoms in total. The van der Waals surface area contributed by atoms with Gasteiger partial charge in [-0.3, -0.25) is 0 Å². The smallest absolute Gasteiger partial charge is 0.312 e. The summed E-state index contributed by atoms with van der Waals surface area (Å²) in [7, 11) is 0. The van der Waals surface area contributed by atoms with Crippen LogP contribution in [0.15, 0.2) is 0 Å². The van der Waals surface area contributed by atoms with Crippen molar-refractivity contribution in [2.75, 3.05) is 6.54 Å². The van der Waals surface area contributed by atoms with E-state index in [0.29, 0.717) is 13.0 Å². The summed E-state index contributed by atoms with van der Waals surface area (Å²) >= 11 is 0. The van der Waals surface area contributed by atoms with Crippen molar-refractivity contribution < 1.29 is 9.59 Å². The van der Waals surface area contributed by atoms with Gasteiger partial charge in [0.15, 0.2) is 0 Å². The van der Waals surface area contributed by atoms with Gasteiger partial charge in [-0.05, 0) is 13.3 Å². The first-order chi connectivity index (χ1) is 5.52. The zero-order valence-electron chi connectivity index (χ0n) is 6.96. The van der Waals surface area contributed by atoms with Gasteiger partial charge in [0.1, 0.15) is 0 Å². The Balaban J connectivity index is 3.37. The van der Waals surface area contributed by atoms with Gasteiger partial charge in [0.2, 0.25) is 0 Å². The summed E-state index contributed by atoms with van der Waals surface area (Å²) in [6.45, 7) is 2.21. The van der Waals surface area contributed by atoms with Crippen LogP contribution in [0.1, 0.15) is 13.3 Å². The summed E-state index contributed by atoms with van der Waals surface area (Å²) in [6, 6.07) is -1.20. The van der Waals surface area contributed by atoms with Crippen LogP contribution in [0, 0.1) is 0 Å². The molecule has 12 heavy (non-hydrogen) atoms. The third-order valence-electron chi connectivity index (χ3n) is 1.27. The van der Waals surface area contributed by atoms with E-state index < -0.39 is 12.1 Å². The molecule has 0 fully saturated rings. The lowest BCUT2D eigenvalue weighted by molar-refractivity contribution is 0.244. The van der Waals surface area contributed by atoms with Crippen molar-refractivity contribution in [3.63, 3.8) is 0 Å². The Hall–Kier alpha value is -1.46. The number of amides is 4. The number of primary amides is 2. The monoisotopic (exact) mass is 174 g/mol. The van der Waals surface area contributed by atoms with Crippen molar-refractivity contribution in [1.29, 1.82) is 0 Å². The number of urea groups is 2. The van der Waals surface area contributed by atoms with Gasteiger partial charge in [0.25, 0.3) is 0 Å². The van der Waals surface area contributed by atoms with Gasteiger partial charge in [-0.25, -0.2) is 9.59 Å². The number of nitrogens with one attached hydrogen (secondary N) is 2. The minimum Gasteiger partial charge on any atom is -0.352 e. The predicted octanol–water partition coefficient (Wildman–Crippen LogP) is -0.898. The zero-order chi connectivity index (χ0) is 9.56. The molecule has 4 amide bonds. The van der Waals surface area contributed by atoms with Gasteiger partial charge in [-0.2, -0.15) is 0 Å². The molecule has 70 valence electrons. The van der Waals surface area contributed by atoms with Crippen molar-refractivity contribution in [2.45, 2.75) is 19.4 Å². The standard InChI is InChI=1S/C6H14N4O2/c1-4(10-6(8)12)2-3-9-5(7)11/h4H,2-3H2,1H3,(H3,7,9,11)(H3,8,10,12). The summed E-state index contributed by atoms with van der Waals surface area (Å²) in [6.07, 6.45) is 0.603. The Morgan fingerprint density at radius 2 is 1.92 bits per heavy atom. The van der Waals surface area contributed by atoms with Gasteiger partial charge in [-0.15, -0.1) is 0 Å². The van der Waals surface area contributed by atoms with Crippen LogP contribution in [0.3, 0.4) is 0 Å². The second kappa shape index (κ2) is 5.22. The highest BCUT2D eigenvalue weighted by atomic mass is 16.2. The molecular formula is C6H14N4O2. The van der Waals surface area contributed by atoms with E-state index in [1.54, 1.807) is 6.92 Å². The van der Waals surface area contributed by atoms with E-state index >= 15 is 0 Å². The van der Waals surface area contributed by atoms with E-state index in [9.17, 15) is 9.59 Å². The molecule has 0 bridgehead atoms. The molecule has 1 atom stereocenters. The molecule has 6 N–H and O–H groups in total. The Morgan fingerprint density at radius 1 is 1.33 bits per heavy atom. The minimum absolute atomic E-state index is 0.0608. The number of nitrogens with two attached hydrogens (primary N) is 2. The highest BCUT2D eigenvalue weighted by Gasteiger charge is 2.02. The van der Waals surface area contributed by atoms with Crippen LogP contribution in [0.2, 0.25) is 0 Å². The molecule has 0 aliphatic carbocycles. The van der Waals surface area contributed by atoms with Crippen molar-refractivity contribution in [3.05, 3.63) is 0 Å². The lowest BCUT2D eigenvalue weighted by Crippen LogP contribution is -2.39. The number of hydrogen-bond donors (Lipinski definition) is 4. The van der Waals surface area contributed by atoms with E-state index in [0.717, 1.165) is 0 Å². The molecule has 0 aliphatic heterocycles. The second-order valence-electron chi connectivity index (χ2n) is 2.49. The van der Waals surface area contributed by atoms with Crippen LogP contribution in [0.25, 0.3) is 0 Å². The Bertz CT molecular complexity index is 171. The normalized spacial score (nSPS) is 11.8. The van der Waals surface area contributed by atoms with Crippen molar-refractivity contribution >= 4 is 12.1 Å². The molecule has 0 aromatic rings. The van der Waals surface area contributed by atoms with Crippen LogP contribution in [0.5, 0.6) is 0 Å². The molecule has 0 aromatic heterocycles. The molecule has 1 unspecified atom stereocenters. The van der Waals surface area contributed by atoms with E-state index in [1.165, 1.54) is 0 Å². The summed E-state index contributed by atoms with van der Waals surface area (Å²) in [5, 5.41) is 4.86. The lowest BCUT2D eigenvalue weighted by atomic mass is 10.2. The average Bonchev–Trinajstić information content (AvgIpc) is 1.84. The highest BCUT2D eigenvalue weighted by Crippen LogP contribution is 1.86. The van der Waals surface area contributed by atoms with Gasteiger partial charge in [-0.1, -0.05) is 0 Å². The number of rotatable bonds is 4. The average molecular weight is 174 g/mol. The maximum atomic E-state index is 10.3. The number of carbonyl (C=O) groups is 2. The van der Waals surface area contributed by atoms with Crippen LogP contribution in [-0.4, -0.2) is 24.6 Å². The Labute approximate surface area is 70.7 Å². The van der Waals surface area contributed by atoms with Crippen molar-refractivity contribution in [1.82, 2.24) is 10.6 Å². The maximum absolute atomic E-state index is 10.3. The van der Waals surface area contributed by atoms with Crippen molar-refractivity contribution in [3.8, 4) is 0 Å². The Morgan fingerprint density at radius 3 is 2.33 bits per heavy atom. The fraction of sp³-hybridized carbons (Fsp3) is 0.667. The fourth-order valence-corrected chi connectivity index (χ4v) is 0.727. The van der Waals surface area contributed by atoms with Crippen molar-refractivity contribution in [2.24, 2.45) is 11.5 Å². The third kappa shape index (κ3) is 6.66. The molecule has 0 saturated heterocycles. The summed E-state index contributed by atoms with van der Waals surface area (Å²) in [4.78, 5) is 20.5. The Kier molecular flexibility index (Phi) is 4.59. The first-order valence-corrected chi connectivity index (χ1v) is 3.61. The molecule has 0 rings (SSSR count). The first kappa shape index (κ1) is 10.5. The molecule has 0 radical (unpaired) electrons. The molecule has 0 aliphatic rings. The topological polar surface area (TPSA) is 110 Å². The largest absolute Gasteiger partial charge is 0.352 e. The van der Waals surface area contributed by atoms with Gasteiger partial charge in [0, 0.05) is 12.6 Å². The quantitative estimate of drug-likeness (QED) is 0.443. The fourth-order valence-electron chi connectivity index (χ4n) is 0.727.